The van der Waals surface area contributed by atoms with E-state index in [4.69, 9.17) is 0 Å². The van der Waals surface area contributed by atoms with Crippen molar-refractivity contribution >= 4 is 26.0 Å². The van der Waals surface area contributed by atoms with Gasteiger partial charge in [-0.25, -0.2) is 16.8 Å². The third-order valence-electron chi connectivity index (χ3n) is 4.45. The van der Waals surface area contributed by atoms with Crippen LogP contribution < -0.4 is 0 Å². The zero-order valence-electron chi connectivity index (χ0n) is 15.2. The van der Waals surface area contributed by atoms with Gasteiger partial charge in [0, 0.05) is 5.92 Å². The second kappa shape index (κ2) is 9.28. The number of rotatable bonds is 10. The summed E-state index contributed by atoms with van der Waals surface area (Å²) in [5.41, 5.74) is 0. The van der Waals surface area contributed by atoms with Crippen LogP contribution in [0, 0.1) is 5.92 Å². The summed E-state index contributed by atoms with van der Waals surface area (Å²) >= 11 is 0. The van der Waals surface area contributed by atoms with Gasteiger partial charge in [-0.15, -0.1) is 0 Å². The molecule has 0 aliphatic rings. The maximum atomic E-state index is 13.2. The molecule has 0 saturated heterocycles. The van der Waals surface area contributed by atoms with E-state index in [1.54, 1.807) is 36.4 Å². The van der Waals surface area contributed by atoms with E-state index in [1.807, 2.05) is 6.92 Å². The lowest BCUT2D eigenvalue weighted by Crippen LogP contribution is -2.33. The lowest BCUT2D eigenvalue weighted by molar-refractivity contribution is -0.111. The van der Waals surface area contributed by atoms with Gasteiger partial charge in [-0.1, -0.05) is 56.2 Å². The molecule has 146 valence electrons. The van der Waals surface area contributed by atoms with Crippen molar-refractivity contribution in [2.75, 3.05) is 0 Å². The minimum atomic E-state index is -4.18. The molecule has 0 aliphatic carbocycles. The van der Waals surface area contributed by atoms with Crippen LogP contribution in [0.3, 0.4) is 0 Å². The third kappa shape index (κ3) is 5.05. The van der Waals surface area contributed by atoms with E-state index in [1.165, 1.54) is 24.3 Å². The molecular formula is C20H24O5S2. The number of hydrogen-bond donors (Lipinski definition) is 0. The first kappa shape index (κ1) is 21.3. The summed E-state index contributed by atoms with van der Waals surface area (Å²) in [5, 5.41) is 0. The van der Waals surface area contributed by atoms with Gasteiger partial charge >= 0.3 is 0 Å². The Bertz CT molecular complexity index is 867. The average molecular weight is 409 g/mol. The molecule has 0 bridgehead atoms. The Kier molecular flexibility index (Phi) is 7.33. The van der Waals surface area contributed by atoms with Crippen molar-refractivity contribution in [2.45, 2.75) is 47.0 Å². The van der Waals surface area contributed by atoms with Gasteiger partial charge in [-0.3, -0.25) is 0 Å². The fraction of sp³-hybridized carbons (Fsp3) is 0.350. The van der Waals surface area contributed by atoms with Gasteiger partial charge in [0.25, 0.3) is 0 Å². The zero-order chi connectivity index (χ0) is 19.9. The summed E-state index contributed by atoms with van der Waals surface area (Å²) in [7, 11) is -8.37. The summed E-state index contributed by atoms with van der Waals surface area (Å²) in [6.45, 7) is 1.96. The van der Waals surface area contributed by atoms with E-state index in [9.17, 15) is 21.6 Å². The van der Waals surface area contributed by atoms with Crippen LogP contribution in [0.2, 0.25) is 0 Å². The summed E-state index contributed by atoms with van der Waals surface area (Å²) in [6.07, 6.45) is 2.45. The van der Waals surface area contributed by atoms with Crippen LogP contribution in [0.25, 0.3) is 0 Å². The molecule has 2 rings (SSSR count). The number of unbranched alkanes of at least 4 members (excludes halogenated alkanes) is 1. The molecule has 0 spiro atoms. The molecule has 0 unspecified atom stereocenters. The van der Waals surface area contributed by atoms with Crippen LogP contribution in [-0.2, 0) is 24.5 Å². The van der Waals surface area contributed by atoms with Crippen LogP contribution in [-0.4, -0.2) is 27.7 Å². The molecule has 0 radical (unpaired) electrons. The van der Waals surface area contributed by atoms with Crippen molar-refractivity contribution < 1.29 is 21.6 Å². The number of aldehydes is 1. The van der Waals surface area contributed by atoms with Gasteiger partial charge in [0.1, 0.15) is 6.29 Å². The molecular weight excluding hydrogens is 384 g/mol. The van der Waals surface area contributed by atoms with E-state index < -0.39 is 30.2 Å². The van der Waals surface area contributed by atoms with Crippen molar-refractivity contribution in [3.05, 3.63) is 60.7 Å². The predicted octanol–water partition coefficient (Wildman–Crippen LogP) is 3.66. The van der Waals surface area contributed by atoms with Gasteiger partial charge in [0.15, 0.2) is 24.3 Å². The molecule has 0 amide bonds. The highest BCUT2D eigenvalue weighted by Gasteiger charge is 2.41. The Morgan fingerprint density at radius 1 is 0.815 bits per heavy atom. The van der Waals surface area contributed by atoms with Crippen LogP contribution in [0.1, 0.15) is 32.6 Å². The fourth-order valence-corrected chi connectivity index (χ4v) is 7.58. The van der Waals surface area contributed by atoms with E-state index in [-0.39, 0.29) is 16.2 Å². The molecule has 7 heteroatoms. The first-order chi connectivity index (χ1) is 12.8. The SMILES string of the molecule is CCCC[C@@H](C=O)CC(S(=O)(=O)c1ccccc1)S(=O)(=O)c1ccccc1. The molecule has 0 aromatic heterocycles. The summed E-state index contributed by atoms with van der Waals surface area (Å²) < 4.78 is 51.0. The second-order valence-corrected chi connectivity index (χ2v) is 11.0. The highest BCUT2D eigenvalue weighted by atomic mass is 32.3. The highest BCUT2D eigenvalue weighted by molar-refractivity contribution is 8.09. The Hall–Kier alpha value is -1.99. The quantitative estimate of drug-likeness (QED) is 0.560. The number of sulfone groups is 2. The zero-order valence-corrected chi connectivity index (χ0v) is 16.8. The molecule has 0 saturated carbocycles. The highest BCUT2D eigenvalue weighted by Crippen LogP contribution is 2.31. The number of carbonyl (C=O) groups is 1. The molecule has 5 nitrogen and oxygen atoms in total. The molecule has 1 atom stereocenters. The van der Waals surface area contributed by atoms with Crippen molar-refractivity contribution in [1.29, 1.82) is 0 Å². The van der Waals surface area contributed by atoms with Crippen LogP contribution in [0.5, 0.6) is 0 Å². The van der Waals surface area contributed by atoms with Crippen molar-refractivity contribution in [2.24, 2.45) is 5.92 Å². The Labute approximate surface area is 161 Å². The topological polar surface area (TPSA) is 85.3 Å². The summed E-state index contributed by atoms with van der Waals surface area (Å²) in [4.78, 5) is 11.4. The van der Waals surface area contributed by atoms with Gasteiger partial charge in [0.05, 0.1) is 9.79 Å². The van der Waals surface area contributed by atoms with Crippen LogP contribution in [0.15, 0.2) is 70.5 Å². The summed E-state index contributed by atoms with van der Waals surface area (Å²) in [6, 6.07) is 15.0. The molecule has 0 fully saturated rings. The lowest BCUT2D eigenvalue weighted by Gasteiger charge is -2.21. The molecule has 27 heavy (non-hydrogen) atoms. The number of carbonyl (C=O) groups excluding carboxylic acids is 1. The standard InChI is InChI=1S/C20H24O5S2/c1-2-3-10-17(16-21)15-20(26(22,23)18-11-6-4-7-12-18)27(24,25)19-13-8-5-9-14-19/h4-9,11-14,16-17,20H,2-3,10,15H2,1H3/t17-/m1/s1. The lowest BCUT2D eigenvalue weighted by atomic mass is 10.0. The molecule has 2 aromatic rings. The normalized spacial score (nSPS) is 13.4. The van der Waals surface area contributed by atoms with Crippen LogP contribution >= 0.6 is 0 Å². The van der Waals surface area contributed by atoms with Crippen molar-refractivity contribution in [1.82, 2.24) is 0 Å². The monoisotopic (exact) mass is 408 g/mol. The first-order valence-electron chi connectivity index (χ1n) is 8.87. The Balaban J connectivity index is 2.53. The van der Waals surface area contributed by atoms with E-state index >= 15 is 0 Å². The molecule has 0 aliphatic heterocycles. The first-order valence-corrected chi connectivity index (χ1v) is 12.0. The fourth-order valence-electron chi connectivity index (χ4n) is 2.90. The average Bonchev–Trinajstić information content (AvgIpc) is 2.69. The van der Waals surface area contributed by atoms with Crippen LogP contribution in [0.4, 0.5) is 0 Å². The van der Waals surface area contributed by atoms with E-state index in [0.717, 1.165) is 12.8 Å². The van der Waals surface area contributed by atoms with Gasteiger partial charge < -0.3 is 4.79 Å². The van der Waals surface area contributed by atoms with Crippen molar-refractivity contribution in [3.8, 4) is 0 Å². The number of benzene rings is 2. The largest absolute Gasteiger partial charge is 0.303 e. The van der Waals surface area contributed by atoms with Crippen molar-refractivity contribution in [3.63, 3.8) is 0 Å². The Morgan fingerprint density at radius 2 is 1.26 bits per heavy atom. The van der Waals surface area contributed by atoms with E-state index in [2.05, 4.69) is 0 Å². The minimum absolute atomic E-state index is 0.0605. The maximum Gasteiger partial charge on any atom is 0.195 e. The minimum Gasteiger partial charge on any atom is -0.303 e. The second-order valence-electron chi connectivity index (χ2n) is 6.42. The van der Waals surface area contributed by atoms with Gasteiger partial charge in [-0.05, 0) is 37.1 Å². The molecule has 0 N–H and O–H groups in total. The smallest absolute Gasteiger partial charge is 0.195 e. The molecule has 2 aromatic carbocycles. The van der Waals surface area contributed by atoms with Gasteiger partial charge in [0.2, 0.25) is 0 Å². The maximum absolute atomic E-state index is 13.2. The van der Waals surface area contributed by atoms with E-state index in [0.29, 0.717) is 12.7 Å². The third-order valence-corrected chi connectivity index (χ3v) is 9.60. The number of hydrogen-bond acceptors (Lipinski definition) is 5. The van der Waals surface area contributed by atoms with Gasteiger partial charge in [-0.2, -0.15) is 0 Å². The molecule has 0 heterocycles. The summed E-state index contributed by atoms with van der Waals surface area (Å²) in [5.74, 6) is -0.632. The Morgan fingerprint density at radius 3 is 1.63 bits per heavy atom. The predicted molar refractivity (Wildman–Crippen MR) is 105 cm³/mol.